The molecule has 2 aromatic rings. The predicted octanol–water partition coefficient (Wildman–Crippen LogP) is 5.26. The summed E-state index contributed by atoms with van der Waals surface area (Å²) in [4.78, 5) is 2.54. The van der Waals surface area contributed by atoms with Crippen LogP contribution in [0.3, 0.4) is 0 Å². The van der Waals surface area contributed by atoms with Crippen LogP contribution in [0.1, 0.15) is 50.3 Å². The van der Waals surface area contributed by atoms with Crippen LogP contribution in [0, 0.1) is 0 Å². The summed E-state index contributed by atoms with van der Waals surface area (Å²) in [6, 6.07) is 16.0. The lowest BCUT2D eigenvalue weighted by Gasteiger charge is -2.39. The number of aliphatic hydroxyl groups is 1. The number of hydrogen-bond donors (Lipinski definition) is 1. The van der Waals surface area contributed by atoms with Gasteiger partial charge in [-0.1, -0.05) is 35.9 Å². The number of rotatable bonds is 7. The summed E-state index contributed by atoms with van der Waals surface area (Å²) in [7, 11) is 0. The van der Waals surface area contributed by atoms with E-state index in [4.69, 9.17) is 16.3 Å². The molecule has 27 heavy (non-hydrogen) atoms. The van der Waals surface area contributed by atoms with Gasteiger partial charge in [0.2, 0.25) is 0 Å². The van der Waals surface area contributed by atoms with Crippen molar-refractivity contribution in [3.63, 3.8) is 0 Å². The minimum atomic E-state index is -0.392. The van der Waals surface area contributed by atoms with Crippen molar-refractivity contribution < 1.29 is 9.84 Å². The largest absolute Gasteiger partial charge is 0.487 e. The van der Waals surface area contributed by atoms with Gasteiger partial charge in [-0.25, -0.2) is 0 Å². The monoisotopic (exact) mass is 387 g/mol. The molecule has 0 radical (unpaired) electrons. The number of ether oxygens (including phenoxy) is 1. The Kier molecular flexibility index (Phi) is 6.80. The SMILES string of the molecule is CC(O)c1ccc(CCCN2CCC(C)(Oc3ccc(Cl)cc3)CC2)cc1. The second-order valence-electron chi connectivity index (χ2n) is 7.87. The van der Waals surface area contributed by atoms with E-state index in [0.717, 1.165) is 61.7 Å². The van der Waals surface area contributed by atoms with Gasteiger partial charge in [-0.15, -0.1) is 0 Å². The lowest BCUT2D eigenvalue weighted by molar-refractivity contribution is 0.0165. The fourth-order valence-electron chi connectivity index (χ4n) is 3.61. The molecule has 3 nitrogen and oxygen atoms in total. The van der Waals surface area contributed by atoms with E-state index in [1.807, 2.05) is 36.4 Å². The fraction of sp³-hybridized carbons (Fsp3) is 0.478. The number of benzene rings is 2. The highest BCUT2D eigenvalue weighted by molar-refractivity contribution is 6.30. The van der Waals surface area contributed by atoms with Gasteiger partial charge in [0, 0.05) is 18.1 Å². The third-order valence-electron chi connectivity index (χ3n) is 5.49. The second-order valence-corrected chi connectivity index (χ2v) is 8.31. The van der Waals surface area contributed by atoms with E-state index in [0.29, 0.717) is 0 Å². The zero-order chi connectivity index (χ0) is 19.3. The molecule has 1 fully saturated rings. The van der Waals surface area contributed by atoms with Gasteiger partial charge < -0.3 is 14.7 Å². The maximum absolute atomic E-state index is 9.59. The first-order valence-corrected chi connectivity index (χ1v) is 10.3. The summed E-state index contributed by atoms with van der Waals surface area (Å²) in [5, 5.41) is 10.3. The van der Waals surface area contributed by atoms with Gasteiger partial charge in [0.15, 0.2) is 0 Å². The molecule has 0 aromatic heterocycles. The Morgan fingerprint density at radius 1 is 1.07 bits per heavy atom. The van der Waals surface area contributed by atoms with E-state index in [-0.39, 0.29) is 5.60 Å². The molecule has 2 aromatic carbocycles. The van der Waals surface area contributed by atoms with Gasteiger partial charge in [0.05, 0.1) is 6.10 Å². The smallest absolute Gasteiger partial charge is 0.120 e. The van der Waals surface area contributed by atoms with Gasteiger partial charge in [-0.05, 0) is 81.5 Å². The maximum Gasteiger partial charge on any atom is 0.120 e. The molecular formula is C23H30ClNO2. The molecule has 0 amide bonds. The minimum Gasteiger partial charge on any atom is -0.487 e. The molecule has 3 rings (SSSR count). The van der Waals surface area contributed by atoms with E-state index in [2.05, 4.69) is 24.0 Å². The van der Waals surface area contributed by atoms with Crippen molar-refractivity contribution in [1.82, 2.24) is 4.90 Å². The molecule has 1 unspecified atom stereocenters. The first-order chi connectivity index (χ1) is 12.9. The van der Waals surface area contributed by atoms with Crippen molar-refractivity contribution in [2.75, 3.05) is 19.6 Å². The Hall–Kier alpha value is -1.55. The molecule has 4 heteroatoms. The van der Waals surface area contributed by atoms with Crippen molar-refractivity contribution in [2.45, 2.75) is 51.2 Å². The Balaban J connectivity index is 1.40. The number of piperidine rings is 1. The van der Waals surface area contributed by atoms with Crippen LogP contribution in [0.5, 0.6) is 5.75 Å². The van der Waals surface area contributed by atoms with E-state index >= 15 is 0 Å². The van der Waals surface area contributed by atoms with Crippen LogP contribution < -0.4 is 4.74 Å². The lowest BCUT2D eigenvalue weighted by atomic mass is 9.93. The zero-order valence-corrected chi connectivity index (χ0v) is 17.1. The van der Waals surface area contributed by atoms with Crippen LogP contribution in [0.25, 0.3) is 0 Å². The fourth-order valence-corrected chi connectivity index (χ4v) is 3.73. The van der Waals surface area contributed by atoms with E-state index in [9.17, 15) is 5.11 Å². The van der Waals surface area contributed by atoms with Crippen LogP contribution >= 0.6 is 11.6 Å². The Labute approximate surface area is 167 Å². The Morgan fingerprint density at radius 2 is 1.70 bits per heavy atom. The first kappa shape index (κ1) is 20.2. The molecule has 0 bridgehead atoms. The van der Waals surface area contributed by atoms with Crippen molar-refractivity contribution in [1.29, 1.82) is 0 Å². The van der Waals surface area contributed by atoms with Crippen LogP contribution in [-0.2, 0) is 6.42 Å². The molecule has 0 aliphatic carbocycles. The van der Waals surface area contributed by atoms with Crippen molar-refractivity contribution in [2.24, 2.45) is 0 Å². The molecule has 1 aliphatic heterocycles. The normalized spacial score (nSPS) is 18.2. The number of likely N-dealkylation sites (tertiary alicyclic amines) is 1. The van der Waals surface area contributed by atoms with Crippen molar-refractivity contribution in [3.8, 4) is 5.75 Å². The average molecular weight is 388 g/mol. The number of aryl methyl sites for hydroxylation is 1. The number of hydrogen-bond acceptors (Lipinski definition) is 3. The molecule has 1 N–H and O–H groups in total. The Morgan fingerprint density at radius 3 is 2.30 bits per heavy atom. The van der Waals surface area contributed by atoms with Gasteiger partial charge in [0.1, 0.15) is 11.4 Å². The van der Waals surface area contributed by atoms with Crippen LogP contribution in [0.2, 0.25) is 5.02 Å². The summed E-state index contributed by atoms with van der Waals surface area (Å²) in [5.41, 5.74) is 2.23. The van der Waals surface area contributed by atoms with Gasteiger partial charge in [0.25, 0.3) is 0 Å². The summed E-state index contributed by atoms with van der Waals surface area (Å²) in [6.45, 7) is 7.28. The summed E-state index contributed by atoms with van der Waals surface area (Å²) in [5.74, 6) is 0.899. The van der Waals surface area contributed by atoms with Crippen LogP contribution in [0.4, 0.5) is 0 Å². The highest BCUT2D eigenvalue weighted by Gasteiger charge is 2.31. The molecule has 1 aliphatic rings. The molecule has 1 atom stereocenters. The number of aliphatic hydroxyl groups excluding tert-OH is 1. The summed E-state index contributed by atoms with van der Waals surface area (Å²) >= 11 is 5.95. The third-order valence-corrected chi connectivity index (χ3v) is 5.75. The van der Waals surface area contributed by atoms with E-state index < -0.39 is 6.10 Å². The average Bonchev–Trinajstić information content (AvgIpc) is 2.66. The molecule has 146 valence electrons. The summed E-state index contributed by atoms with van der Waals surface area (Å²) < 4.78 is 6.24. The standard InChI is InChI=1S/C23H30ClNO2/c1-18(26)20-7-5-19(6-8-20)4-3-15-25-16-13-23(2,14-17-25)27-22-11-9-21(24)10-12-22/h5-12,18,26H,3-4,13-17H2,1-2H3. The van der Waals surface area contributed by atoms with Crippen LogP contribution in [-0.4, -0.2) is 35.2 Å². The maximum atomic E-state index is 9.59. The molecule has 1 saturated heterocycles. The molecule has 0 saturated carbocycles. The van der Waals surface area contributed by atoms with Crippen molar-refractivity contribution >= 4 is 11.6 Å². The summed E-state index contributed by atoms with van der Waals surface area (Å²) in [6.07, 6.45) is 3.92. The first-order valence-electron chi connectivity index (χ1n) is 9.87. The highest BCUT2D eigenvalue weighted by Crippen LogP contribution is 2.29. The second kappa shape index (κ2) is 9.09. The lowest BCUT2D eigenvalue weighted by Crippen LogP contribution is -2.46. The van der Waals surface area contributed by atoms with E-state index in [1.165, 1.54) is 5.56 Å². The van der Waals surface area contributed by atoms with Crippen molar-refractivity contribution in [3.05, 3.63) is 64.7 Å². The minimum absolute atomic E-state index is 0.0961. The van der Waals surface area contributed by atoms with Gasteiger partial charge in [-0.2, -0.15) is 0 Å². The topological polar surface area (TPSA) is 32.7 Å². The Bertz CT molecular complexity index is 704. The molecule has 0 spiro atoms. The quantitative estimate of drug-likeness (QED) is 0.703. The van der Waals surface area contributed by atoms with Gasteiger partial charge in [-0.3, -0.25) is 0 Å². The van der Waals surface area contributed by atoms with Gasteiger partial charge >= 0.3 is 0 Å². The number of nitrogens with zero attached hydrogens (tertiary/aromatic N) is 1. The van der Waals surface area contributed by atoms with E-state index in [1.54, 1.807) is 6.92 Å². The predicted molar refractivity (Wildman–Crippen MR) is 112 cm³/mol. The van der Waals surface area contributed by atoms with Crippen LogP contribution in [0.15, 0.2) is 48.5 Å². The number of halogens is 1. The third kappa shape index (κ3) is 5.97. The molecular weight excluding hydrogens is 358 g/mol. The molecule has 1 heterocycles. The zero-order valence-electron chi connectivity index (χ0n) is 16.3. The highest BCUT2D eigenvalue weighted by atomic mass is 35.5.